The first-order valence-electron chi connectivity index (χ1n) is 4.17. The fourth-order valence-corrected chi connectivity index (χ4v) is 1.41. The van der Waals surface area contributed by atoms with E-state index >= 15 is 0 Å². The average Bonchev–Trinajstić information content (AvgIpc) is 2.49. The molecule has 12 heavy (non-hydrogen) atoms. The molecular weight excluding hydrogens is 152 g/mol. The minimum atomic E-state index is 0.360. The van der Waals surface area contributed by atoms with Gasteiger partial charge in [0.1, 0.15) is 0 Å². The zero-order valence-electron chi connectivity index (χ0n) is 7.33. The molecule has 2 heteroatoms. The number of fused-ring (bicyclic) bond motifs is 1. The molecule has 0 fully saturated rings. The Morgan fingerprint density at radius 3 is 2.83 bits per heavy atom. The molecule has 0 aromatic heterocycles. The fraction of sp³-hybridized carbons (Fsp3) is 0.400. The van der Waals surface area contributed by atoms with Crippen molar-refractivity contribution in [3.05, 3.63) is 23.8 Å². The Bertz CT molecular complexity index is 292. The highest BCUT2D eigenvalue weighted by molar-refractivity contribution is 5.49. The SMILES string of the molecule is CC(C)c1cccc2c1OCO2. The lowest BCUT2D eigenvalue weighted by molar-refractivity contribution is 0.173. The fourth-order valence-electron chi connectivity index (χ4n) is 1.41. The quantitative estimate of drug-likeness (QED) is 0.635. The van der Waals surface area contributed by atoms with E-state index in [9.17, 15) is 0 Å². The normalized spacial score (nSPS) is 13.9. The topological polar surface area (TPSA) is 18.5 Å². The van der Waals surface area contributed by atoms with Crippen molar-refractivity contribution in [2.75, 3.05) is 6.79 Å². The van der Waals surface area contributed by atoms with Gasteiger partial charge in [-0.05, 0) is 12.0 Å². The molecular formula is C10H12O2. The second-order valence-corrected chi connectivity index (χ2v) is 3.24. The van der Waals surface area contributed by atoms with E-state index in [-0.39, 0.29) is 0 Å². The van der Waals surface area contributed by atoms with Crippen LogP contribution in [0.25, 0.3) is 0 Å². The molecule has 0 N–H and O–H groups in total. The Morgan fingerprint density at radius 2 is 2.08 bits per heavy atom. The van der Waals surface area contributed by atoms with E-state index in [1.54, 1.807) is 0 Å². The first kappa shape index (κ1) is 7.47. The van der Waals surface area contributed by atoms with Gasteiger partial charge in [-0.25, -0.2) is 0 Å². The number of rotatable bonds is 1. The summed E-state index contributed by atoms with van der Waals surface area (Å²) in [4.78, 5) is 0. The van der Waals surface area contributed by atoms with Crippen LogP contribution in [0.15, 0.2) is 18.2 Å². The van der Waals surface area contributed by atoms with Crippen LogP contribution in [0.1, 0.15) is 25.3 Å². The monoisotopic (exact) mass is 164 g/mol. The molecule has 0 saturated carbocycles. The zero-order chi connectivity index (χ0) is 8.55. The number of hydrogen-bond acceptors (Lipinski definition) is 2. The standard InChI is InChI=1S/C10H12O2/c1-7(2)8-4-3-5-9-10(8)12-6-11-9/h3-5,7H,6H2,1-2H3. The smallest absolute Gasteiger partial charge is 0.231 e. The Morgan fingerprint density at radius 1 is 1.25 bits per heavy atom. The van der Waals surface area contributed by atoms with Gasteiger partial charge in [0.15, 0.2) is 11.5 Å². The molecule has 0 atom stereocenters. The summed E-state index contributed by atoms with van der Waals surface area (Å²) < 4.78 is 10.6. The second kappa shape index (κ2) is 2.70. The summed E-state index contributed by atoms with van der Waals surface area (Å²) in [6.07, 6.45) is 0. The van der Waals surface area contributed by atoms with E-state index in [4.69, 9.17) is 9.47 Å². The van der Waals surface area contributed by atoms with Crippen molar-refractivity contribution in [1.82, 2.24) is 0 Å². The van der Waals surface area contributed by atoms with Gasteiger partial charge in [0, 0.05) is 5.56 Å². The molecule has 0 amide bonds. The summed E-state index contributed by atoms with van der Waals surface area (Å²) in [6.45, 7) is 4.66. The summed E-state index contributed by atoms with van der Waals surface area (Å²) in [5.74, 6) is 2.29. The highest BCUT2D eigenvalue weighted by Crippen LogP contribution is 2.38. The highest BCUT2D eigenvalue weighted by atomic mass is 16.7. The van der Waals surface area contributed by atoms with E-state index < -0.39 is 0 Å². The van der Waals surface area contributed by atoms with Crippen LogP contribution in [0, 0.1) is 0 Å². The Balaban J connectivity index is 2.49. The summed E-state index contributed by atoms with van der Waals surface area (Å²) in [7, 11) is 0. The van der Waals surface area contributed by atoms with Gasteiger partial charge in [-0.1, -0.05) is 26.0 Å². The summed E-state index contributed by atoms with van der Waals surface area (Å²) in [5.41, 5.74) is 1.23. The minimum absolute atomic E-state index is 0.360. The van der Waals surface area contributed by atoms with Gasteiger partial charge in [-0.15, -0.1) is 0 Å². The third-order valence-electron chi connectivity index (χ3n) is 2.05. The molecule has 1 aliphatic rings. The number of para-hydroxylation sites is 1. The Labute approximate surface area is 72.1 Å². The van der Waals surface area contributed by atoms with E-state index in [1.807, 2.05) is 12.1 Å². The molecule has 0 saturated heterocycles. The summed E-state index contributed by atoms with van der Waals surface area (Å²) in [5, 5.41) is 0. The second-order valence-electron chi connectivity index (χ2n) is 3.24. The van der Waals surface area contributed by atoms with E-state index in [0.29, 0.717) is 12.7 Å². The predicted octanol–water partition coefficient (Wildman–Crippen LogP) is 2.54. The van der Waals surface area contributed by atoms with Crippen LogP contribution in [0.5, 0.6) is 11.5 Å². The van der Waals surface area contributed by atoms with Crippen molar-refractivity contribution < 1.29 is 9.47 Å². The van der Waals surface area contributed by atoms with Gasteiger partial charge >= 0.3 is 0 Å². The molecule has 2 nitrogen and oxygen atoms in total. The molecule has 0 radical (unpaired) electrons. The van der Waals surface area contributed by atoms with Crippen molar-refractivity contribution in [1.29, 1.82) is 0 Å². The van der Waals surface area contributed by atoms with Crippen LogP contribution in [0.2, 0.25) is 0 Å². The average molecular weight is 164 g/mol. The zero-order valence-corrected chi connectivity index (χ0v) is 7.33. The Hall–Kier alpha value is -1.18. The molecule has 0 bridgehead atoms. The molecule has 1 aromatic rings. The lowest BCUT2D eigenvalue weighted by atomic mass is 10.0. The van der Waals surface area contributed by atoms with Gasteiger partial charge in [-0.2, -0.15) is 0 Å². The largest absolute Gasteiger partial charge is 0.454 e. The molecule has 1 aromatic carbocycles. The van der Waals surface area contributed by atoms with Crippen molar-refractivity contribution in [2.45, 2.75) is 19.8 Å². The van der Waals surface area contributed by atoms with Crippen molar-refractivity contribution in [2.24, 2.45) is 0 Å². The van der Waals surface area contributed by atoms with E-state index in [1.165, 1.54) is 5.56 Å². The van der Waals surface area contributed by atoms with Crippen molar-refractivity contribution in [3.8, 4) is 11.5 Å². The molecule has 1 heterocycles. The van der Waals surface area contributed by atoms with E-state index in [2.05, 4.69) is 19.9 Å². The predicted molar refractivity (Wildman–Crippen MR) is 46.7 cm³/mol. The van der Waals surface area contributed by atoms with Gasteiger partial charge in [0.25, 0.3) is 0 Å². The summed E-state index contributed by atoms with van der Waals surface area (Å²) >= 11 is 0. The Kier molecular flexibility index (Phi) is 1.68. The number of benzene rings is 1. The number of ether oxygens (including phenoxy) is 2. The molecule has 0 aliphatic carbocycles. The minimum Gasteiger partial charge on any atom is -0.454 e. The maximum atomic E-state index is 5.37. The highest BCUT2D eigenvalue weighted by Gasteiger charge is 2.18. The van der Waals surface area contributed by atoms with Crippen LogP contribution < -0.4 is 9.47 Å². The van der Waals surface area contributed by atoms with Gasteiger partial charge < -0.3 is 9.47 Å². The lowest BCUT2D eigenvalue weighted by Gasteiger charge is -2.07. The molecule has 64 valence electrons. The molecule has 2 rings (SSSR count). The van der Waals surface area contributed by atoms with Crippen molar-refractivity contribution in [3.63, 3.8) is 0 Å². The van der Waals surface area contributed by atoms with Gasteiger partial charge in [0.05, 0.1) is 0 Å². The third kappa shape index (κ3) is 1.04. The van der Waals surface area contributed by atoms with Crippen LogP contribution in [-0.4, -0.2) is 6.79 Å². The lowest BCUT2D eigenvalue weighted by Crippen LogP contribution is -1.95. The third-order valence-corrected chi connectivity index (χ3v) is 2.05. The van der Waals surface area contributed by atoms with E-state index in [0.717, 1.165) is 11.5 Å². The number of hydrogen-bond donors (Lipinski definition) is 0. The van der Waals surface area contributed by atoms with Crippen LogP contribution in [-0.2, 0) is 0 Å². The maximum absolute atomic E-state index is 5.37. The summed E-state index contributed by atoms with van der Waals surface area (Å²) in [6, 6.07) is 6.02. The van der Waals surface area contributed by atoms with Crippen LogP contribution >= 0.6 is 0 Å². The van der Waals surface area contributed by atoms with Crippen LogP contribution in [0.3, 0.4) is 0 Å². The van der Waals surface area contributed by atoms with Crippen molar-refractivity contribution >= 4 is 0 Å². The van der Waals surface area contributed by atoms with Crippen LogP contribution in [0.4, 0.5) is 0 Å². The maximum Gasteiger partial charge on any atom is 0.231 e. The first-order valence-corrected chi connectivity index (χ1v) is 4.17. The molecule has 0 unspecified atom stereocenters. The first-order chi connectivity index (χ1) is 5.79. The van der Waals surface area contributed by atoms with Gasteiger partial charge in [-0.3, -0.25) is 0 Å². The molecule has 1 aliphatic heterocycles. The van der Waals surface area contributed by atoms with Gasteiger partial charge in [0.2, 0.25) is 6.79 Å². The molecule has 0 spiro atoms.